The van der Waals surface area contributed by atoms with E-state index < -0.39 is 0 Å². The van der Waals surface area contributed by atoms with Crippen molar-refractivity contribution in [2.24, 2.45) is 0 Å². The first-order chi connectivity index (χ1) is 6.59. The quantitative estimate of drug-likeness (QED) is 0.717. The van der Waals surface area contributed by atoms with Crippen molar-refractivity contribution in [2.45, 2.75) is 19.9 Å². The fourth-order valence-corrected chi connectivity index (χ4v) is 1.38. The normalized spacial score (nSPS) is 10.9. The van der Waals surface area contributed by atoms with Crippen LogP contribution in [0.4, 0.5) is 0 Å². The third-order valence-electron chi connectivity index (χ3n) is 2.14. The molecule has 0 radical (unpaired) electrons. The highest BCUT2D eigenvalue weighted by Crippen LogP contribution is 1.94. The minimum atomic E-state index is 0.0920. The van der Waals surface area contributed by atoms with Crippen molar-refractivity contribution in [3.63, 3.8) is 0 Å². The molecular weight excluding hydrogens is 176 g/mol. The highest BCUT2D eigenvalue weighted by atomic mass is 16.1. The molecule has 0 bridgehead atoms. The molecule has 0 atom stereocenters. The van der Waals surface area contributed by atoms with Gasteiger partial charge in [0.25, 0.3) is 5.56 Å². The van der Waals surface area contributed by atoms with Crippen molar-refractivity contribution >= 4 is 0 Å². The Morgan fingerprint density at radius 1 is 1.36 bits per heavy atom. The smallest absolute Gasteiger partial charge is 0.250 e. The molecule has 0 aliphatic heterocycles. The second kappa shape index (κ2) is 4.96. The first-order valence-electron chi connectivity index (χ1n) is 4.91. The van der Waals surface area contributed by atoms with Gasteiger partial charge < -0.3 is 9.47 Å². The SMILES string of the molecule is Cc1ccc(=O)n(CCCN(C)C)c1. The number of rotatable bonds is 4. The van der Waals surface area contributed by atoms with E-state index in [0.717, 1.165) is 25.1 Å². The Bertz CT molecular complexity index is 341. The summed E-state index contributed by atoms with van der Waals surface area (Å²) < 4.78 is 1.78. The van der Waals surface area contributed by atoms with E-state index in [-0.39, 0.29) is 5.56 Å². The van der Waals surface area contributed by atoms with Gasteiger partial charge in [0.1, 0.15) is 0 Å². The molecule has 1 rings (SSSR count). The molecule has 1 aromatic rings. The van der Waals surface area contributed by atoms with Crippen LogP contribution in [0.1, 0.15) is 12.0 Å². The Kier molecular flexibility index (Phi) is 3.89. The average Bonchev–Trinajstić information content (AvgIpc) is 2.10. The molecule has 1 heterocycles. The Balaban J connectivity index is 2.58. The van der Waals surface area contributed by atoms with Crippen LogP contribution in [0.5, 0.6) is 0 Å². The van der Waals surface area contributed by atoms with E-state index in [0.29, 0.717) is 0 Å². The number of hydrogen-bond acceptors (Lipinski definition) is 2. The topological polar surface area (TPSA) is 25.2 Å². The first-order valence-corrected chi connectivity index (χ1v) is 4.91. The Morgan fingerprint density at radius 2 is 2.07 bits per heavy atom. The van der Waals surface area contributed by atoms with Crippen molar-refractivity contribution in [1.82, 2.24) is 9.47 Å². The van der Waals surface area contributed by atoms with Gasteiger partial charge in [-0.1, -0.05) is 6.07 Å². The van der Waals surface area contributed by atoms with Crippen LogP contribution < -0.4 is 5.56 Å². The van der Waals surface area contributed by atoms with Crippen LogP contribution >= 0.6 is 0 Å². The molecule has 1 aromatic heterocycles. The van der Waals surface area contributed by atoms with Gasteiger partial charge in [-0.3, -0.25) is 4.79 Å². The lowest BCUT2D eigenvalue weighted by Crippen LogP contribution is -2.21. The maximum Gasteiger partial charge on any atom is 0.250 e. The van der Waals surface area contributed by atoms with Crippen LogP contribution in [0.25, 0.3) is 0 Å². The van der Waals surface area contributed by atoms with Gasteiger partial charge in [0.15, 0.2) is 0 Å². The maximum absolute atomic E-state index is 11.4. The summed E-state index contributed by atoms with van der Waals surface area (Å²) in [5, 5.41) is 0. The van der Waals surface area contributed by atoms with Crippen LogP contribution in [-0.4, -0.2) is 30.1 Å². The Labute approximate surface area is 85.0 Å². The predicted molar refractivity (Wildman–Crippen MR) is 58.6 cm³/mol. The zero-order valence-electron chi connectivity index (χ0n) is 9.16. The first kappa shape index (κ1) is 11.0. The molecule has 0 N–H and O–H groups in total. The summed E-state index contributed by atoms with van der Waals surface area (Å²) in [5.74, 6) is 0. The fourth-order valence-electron chi connectivity index (χ4n) is 1.38. The summed E-state index contributed by atoms with van der Waals surface area (Å²) in [7, 11) is 4.08. The molecule has 0 saturated carbocycles. The van der Waals surface area contributed by atoms with Crippen molar-refractivity contribution in [2.75, 3.05) is 20.6 Å². The monoisotopic (exact) mass is 194 g/mol. The average molecular weight is 194 g/mol. The van der Waals surface area contributed by atoms with Gasteiger partial charge in [0, 0.05) is 18.8 Å². The van der Waals surface area contributed by atoms with Crippen LogP contribution in [-0.2, 0) is 6.54 Å². The lowest BCUT2D eigenvalue weighted by Gasteiger charge is -2.10. The van der Waals surface area contributed by atoms with E-state index in [4.69, 9.17) is 0 Å². The Morgan fingerprint density at radius 3 is 2.71 bits per heavy atom. The number of hydrogen-bond donors (Lipinski definition) is 0. The van der Waals surface area contributed by atoms with Gasteiger partial charge in [0.2, 0.25) is 0 Å². The van der Waals surface area contributed by atoms with Gasteiger partial charge >= 0.3 is 0 Å². The largest absolute Gasteiger partial charge is 0.315 e. The summed E-state index contributed by atoms with van der Waals surface area (Å²) in [4.78, 5) is 13.5. The summed E-state index contributed by atoms with van der Waals surface area (Å²) in [6.45, 7) is 3.82. The third-order valence-corrected chi connectivity index (χ3v) is 2.14. The lowest BCUT2D eigenvalue weighted by atomic mass is 10.3. The third kappa shape index (κ3) is 3.34. The molecule has 0 saturated heterocycles. The van der Waals surface area contributed by atoms with Gasteiger partial charge in [0.05, 0.1) is 0 Å². The van der Waals surface area contributed by atoms with Gasteiger partial charge in [-0.15, -0.1) is 0 Å². The molecule has 0 aliphatic rings. The Hall–Kier alpha value is -1.09. The van der Waals surface area contributed by atoms with Crippen molar-refractivity contribution in [3.8, 4) is 0 Å². The van der Waals surface area contributed by atoms with Crippen molar-refractivity contribution in [1.29, 1.82) is 0 Å². The zero-order chi connectivity index (χ0) is 10.6. The van der Waals surface area contributed by atoms with E-state index in [1.807, 2.05) is 33.3 Å². The van der Waals surface area contributed by atoms with Gasteiger partial charge in [-0.2, -0.15) is 0 Å². The van der Waals surface area contributed by atoms with Gasteiger partial charge in [-0.25, -0.2) is 0 Å². The number of pyridine rings is 1. The molecule has 0 amide bonds. The maximum atomic E-state index is 11.4. The van der Waals surface area contributed by atoms with Crippen LogP contribution in [0, 0.1) is 6.92 Å². The second-order valence-corrected chi connectivity index (χ2v) is 3.89. The molecule has 78 valence electrons. The van der Waals surface area contributed by atoms with E-state index in [9.17, 15) is 4.79 Å². The van der Waals surface area contributed by atoms with Crippen molar-refractivity contribution < 1.29 is 0 Å². The molecule has 3 heteroatoms. The minimum Gasteiger partial charge on any atom is -0.315 e. The van der Waals surface area contributed by atoms with E-state index in [2.05, 4.69) is 4.90 Å². The molecule has 14 heavy (non-hydrogen) atoms. The zero-order valence-corrected chi connectivity index (χ0v) is 9.16. The van der Waals surface area contributed by atoms with Crippen LogP contribution in [0.15, 0.2) is 23.1 Å². The summed E-state index contributed by atoms with van der Waals surface area (Å²) >= 11 is 0. The molecule has 0 spiro atoms. The standard InChI is InChI=1S/C11H18N2O/c1-10-5-6-11(14)13(9-10)8-4-7-12(2)3/h5-6,9H,4,7-8H2,1-3H3. The lowest BCUT2D eigenvalue weighted by molar-refractivity contribution is 0.385. The molecule has 0 aromatic carbocycles. The summed E-state index contributed by atoms with van der Waals surface area (Å²) in [6.07, 6.45) is 2.92. The summed E-state index contributed by atoms with van der Waals surface area (Å²) in [5.41, 5.74) is 1.23. The molecule has 0 unspecified atom stereocenters. The second-order valence-electron chi connectivity index (χ2n) is 3.89. The predicted octanol–water partition coefficient (Wildman–Crippen LogP) is 1.11. The molecule has 0 aliphatic carbocycles. The van der Waals surface area contributed by atoms with E-state index in [1.165, 1.54) is 0 Å². The fraction of sp³-hybridized carbons (Fsp3) is 0.545. The molecule has 0 fully saturated rings. The van der Waals surface area contributed by atoms with Crippen LogP contribution in [0.3, 0.4) is 0 Å². The highest BCUT2D eigenvalue weighted by molar-refractivity contribution is 5.07. The number of aromatic nitrogens is 1. The van der Waals surface area contributed by atoms with Crippen LogP contribution in [0.2, 0.25) is 0 Å². The van der Waals surface area contributed by atoms with E-state index in [1.54, 1.807) is 10.6 Å². The minimum absolute atomic E-state index is 0.0920. The van der Waals surface area contributed by atoms with Gasteiger partial charge in [-0.05, 0) is 39.5 Å². The summed E-state index contributed by atoms with van der Waals surface area (Å²) in [6, 6.07) is 3.48. The van der Waals surface area contributed by atoms with Crippen molar-refractivity contribution in [3.05, 3.63) is 34.2 Å². The number of nitrogens with zero attached hydrogens (tertiary/aromatic N) is 2. The molecule has 3 nitrogen and oxygen atoms in total. The van der Waals surface area contributed by atoms with E-state index >= 15 is 0 Å². The highest BCUT2D eigenvalue weighted by Gasteiger charge is 1.96. The number of aryl methyl sites for hydroxylation is 2. The molecular formula is C11H18N2O.